The van der Waals surface area contributed by atoms with Crippen LogP contribution in [0.15, 0.2) is 59.5 Å². The molecular weight excluding hydrogens is 426 g/mol. The number of hydrogen-bond acceptors (Lipinski definition) is 5. The zero-order valence-corrected chi connectivity index (χ0v) is 19.1. The maximum atomic E-state index is 13.1. The van der Waals surface area contributed by atoms with Gasteiger partial charge in [0.05, 0.1) is 23.2 Å². The minimum atomic E-state index is -3.69. The Bertz CT molecular complexity index is 1010. The summed E-state index contributed by atoms with van der Waals surface area (Å²) in [5.74, 6) is -0.384. The second-order valence-corrected chi connectivity index (χ2v) is 10.3. The largest absolute Gasteiger partial charge is 0.374 e. The van der Waals surface area contributed by atoms with Crippen LogP contribution in [0.3, 0.4) is 0 Å². The molecule has 32 heavy (non-hydrogen) atoms. The van der Waals surface area contributed by atoms with E-state index in [4.69, 9.17) is 4.74 Å². The number of ether oxygens (including phenoxy) is 1. The first-order chi connectivity index (χ1) is 15.5. The molecule has 1 unspecified atom stereocenters. The van der Waals surface area contributed by atoms with Crippen LogP contribution in [0, 0.1) is 0 Å². The Morgan fingerprint density at radius 3 is 2.47 bits per heavy atom. The molecule has 172 valence electrons. The fraction of sp³-hybridized carbons (Fsp3) is 0.458. The van der Waals surface area contributed by atoms with E-state index < -0.39 is 10.0 Å². The van der Waals surface area contributed by atoms with E-state index >= 15 is 0 Å². The minimum absolute atomic E-state index is 0.0784. The summed E-state index contributed by atoms with van der Waals surface area (Å²) in [7, 11) is -3.69. The Balaban J connectivity index is 1.38. The molecule has 7 nitrogen and oxygen atoms in total. The second kappa shape index (κ2) is 10.6. The van der Waals surface area contributed by atoms with Crippen molar-refractivity contribution in [3.63, 3.8) is 0 Å². The average molecular weight is 458 g/mol. The molecule has 0 aromatic heterocycles. The van der Waals surface area contributed by atoms with Crippen molar-refractivity contribution in [3.8, 4) is 0 Å². The van der Waals surface area contributed by atoms with E-state index in [0.717, 1.165) is 32.4 Å². The molecule has 2 aliphatic heterocycles. The SMILES string of the molecule is O=C(NCC1CN(Cc2ccccc2)CCO1)c1ccccc1S(=O)(=O)N1CCCCC1. The number of rotatable bonds is 7. The third kappa shape index (κ3) is 5.56. The number of morpholine rings is 1. The van der Waals surface area contributed by atoms with Crippen molar-refractivity contribution in [2.24, 2.45) is 0 Å². The van der Waals surface area contributed by atoms with Crippen molar-refractivity contribution < 1.29 is 17.9 Å². The number of carbonyl (C=O) groups is 1. The summed E-state index contributed by atoms with van der Waals surface area (Å²) in [6.07, 6.45) is 2.61. The first-order valence-corrected chi connectivity index (χ1v) is 12.7. The third-order valence-corrected chi connectivity index (χ3v) is 7.98. The van der Waals surface area contributed by atoms with Crippen LogP contribution in [0.2, 0.25) is 0 Å². The highest BCUT2D eigenvalue weighted by Crippen LogP contribution is 2.23. The lowest BCUT2D eigenvalue weighted by atomic mass is 10.2. The van der Waals surface area contributed by atoms with E-state index in [9.17, 15) is 13.2 Å². The smallest absolute Gasteiger partial charge is 0.252 e. The van der Waals surface area contributed by atoms with Crippen LogP contribution < -0.4 is 5.32 Å². The van der Waals surface area contributed by atoms with Gasteiger partial charge < -0.3 is 10.1 Å². The summed E-state index contributed by atoms with van der Waals surface area (Å²) in [5, 5.41) is 2.89. The molecule has 0 radical (unpaired) electrons. The summed E-state index contributed by atoms with van der Waals surface area (Å²) in [6, 6.07) is 16.7. The van der Waals surface area contributed by atoms with E-state index in [-0.39, 0.29) is 22.5 Å². The van der Waals surface area contributed by atoms with Crippen LogP contribution in [-0.4, -0.2) is 69.0 Å². The molecule has 0 spiro atoms. The molecule has 2 heterocycles. The molecule has 0 saturated carbocycles. The second-order valence-electron chi connectivity index (χ2n) is 8.38. The first kappa shape index (κ1) is 22.9. The summed E-state index contributed by atoms with van der Waals surface area (Å²) in [4.78, 5) is 15.3. The molecule has 2 aromatic carbocycles. The lowest BCUT2D eigenvalue weighted by molar-refractivity contribution is -0.0292. The van der Waals surface area contributed by atoms with E-state index in [2.05, 4.69) is 22.3 Å². The molecule has 2 saturated heterocycles. The Kier molecular flexibility index (Phi) is 7.57. The predicted octanol–water partition coefficient (Wildman–Crippen LogP) is 2.49. The highest BCUT2D eigenvalue weighted by atomic mass is 32.2. The zero-order valence-electron chi connectivity index (χ0n) is 18.3. The van der Waals surface area contributed by atoms with Gasteiger partial charge in [-0.2, -0.15) is 4.31 Å². The molecule has 0 aliphatic carbocycles. The van der Waals surface area contributed by atoms with Gasteiger partial charge in [0.15, 0.2) is 0 Å². The number of amides is 1. The Morgan fingerprint density at radius 1 is 0.969 bits per heavy atom. The predicted molar refractivity (Wildman–Crippen MR) is 123 cm³/mol. The van der Waals surface area contributed by atoms with Crippen molar-refractivity contribution in [3.05, 3.63) is 65.7 Å². The lowest BCUT2D eigenvalue weighted by Crippen LogP contribution is -2.47. The number of piperidine rings is 1. The van der Waals surface area contributed by atoms with Crippen LogP contribution in [0.25, 0.3) is 0 Å². The number of hydrogen-bond donors (Lipinski definition) is 1. The van der Waals surface area contributed by atoms with E-state index in [0.29, 0.717) is 32.8 Å². The van der Waals surface area contributed by atoms with Crippen molar-refractivity contribution in [2.45, 2.75) is 36.8 Å². The number of nitrogens with one attached hydrogen (secondary N) is 1. The maximum absolute atomic E-state index is 13.1. The normalized spacial score (nSPS) is 20.7. The highest BCUT2D eigenvalue weighted by molar-refractivity contribution is 7.89. The average Bonchev–Trinajstić information content (AvgIpc) is 2.84. The van der Waals surface area contributed by atoms with Crippen molar-refractivity contribution in [2.75, 3.05) is 39.3 Å². The van der Waals surface area contributed by atoms with Gasteiger partial charge in [-0.3, -0.25) is 9.69 Å². The summed E-state index contributed by atoms with van der Waals surface area (Å²) in [6.45, 7) is 4.34. The van der Waals surface area contributed by atoms with Gasteiger partial charge in [-0.25, -0.2) is 8.42 Å². The van der Waals surface area contributed by atoms with Crippen molar-refractivity contribution >= 4 is 15.9 Å². The number of carbonyl (C=O) groups excluding carboxylic acids is 1. The molecule has 1 atom stereocenters. The molecule has 2 aliphatic rings. The van der Waals surface area contributed by atoms with Crippen LogP contribution in [0.1, 0.15) is 35.2 Å². The molecular formula is C24H31N3O4S. The monoisotopic (exact) mass is 457 g/mol. The first-order valence-electron chi connectivity index (χ1n) is 11.3. The summed E-state index contributed by atoms with van der Waals surface area (Å²) < 4.78 is 33.6. The van der Waals surface area contributed by atoms with E-state index in [1.54, 1.807) is 18.2 Å². The molecule has 0 bridgehead atoms. The third-order valence-electron chi connectivity index (χ3n) is 6.03. The Hall–Kier alpha value is -2.26. The zero-order chi connectivity index (χ0) is 22.4. The standard InChI is InChI=1S/C24H31N3O4S/c28-24(22-11-5-6-12-23(22)32(29,30)27-13-7-2-8-14-27)25-17-21-19-26(15-16-31-21)18-20-9-3-1-4-10-20/h1,3-6,9-12,21H,2,7-8,13-19H2,(H,25,28). The van der Waals surface area contributed by atoms with Gasteiger partial charge in [-0.15, -0.1) is 0 Å². The lowest BCUT2D eigenvalue weighted by Gasteiger charge is -2.33. The van der Waals surface area contributed by atoms with Crippen LogP contribution in [-0.2, 0) is 21.3 Å². The molecule has 1 N–H and O–H groups in total. The van der Waals surface area contributed by atoms with Gasteiger partial charge in [-0.1, -0.05) is 48.9 Å². The fourth-order valence-electron chi connectivity index (χ4n) is 4.31. The minimum Gasteiger partial charge on any atom is -0.374 e. The topological polar surface area (TPSA) is 79.0 Å². The highest BCUT2D eigenvalue weighted by Gasteiger charge is 2.30. The van der Waals surface area contributed by atoms with Gasteiger partial charge in [0.2, 0.25) is 10.0 Å². The van der Waals surface area contributed by atoms with Crippen molar-refractivity contribution in [1.82, 2.24) is 14.5 Å². The number of sulfonamides is 1. The van der Waals surface area contributed by atoms with Crippen LogP contribution in [0.5, 0.6) is 0 Å². The Morgan fingerprint density at radius 2 is 1.69 bits per heavy atom. The number of benzene rings is 2. The quantitative estimate of drug-likeness (QED) is 0.691. The van der Waals surface area contributed by atoms with E-state index in [1.165, 1.54) is 15.9 Å². The van der Waals surface area contributed by atoms with Crippen LogP contribution >= 0.6 is 0 Å². The van der Waals surface area contributed by atoms with Gasteiger partial charge in [0.1, 0.15) is 0 Å². The summed E-state index contributed by atoms with van der Waals surface area (Å²) in [5.41, 5.74) is 1.43. The number of nitrogens with zero attached hydrogens (tertiary/aromatic N) is 2. The molecule has 4 rings (SSSR count). The van der Waals surface area contributed by atoms with Gasteiger partial charge >= 0.3 is 0 Å². The molecule has 1 amide bonds. The van der Waals surface area contributed by atoms with Gasteiger partial charge in [-0.05, 0) is 30.5 Å². The fourth-order valence-corrected chi connectivity index (χ4v) is 6.02. The van der Waals surface area contributed by atoms with Gasteiger partial charge in [0.25, 0.3) is 5.91 Å². The van der Waals surface area contributed by atoms with Crippen LogP contribution in [0.4, 0.5) is 0 Å². The Labute approximate surface area is 190 Å². The van der Waals surface area contributed by atoms with E-state index in [1.807, 2.05) is 18.2 Å². The molecule has 8 heteroatoms. The van der Waals surface area contributed by atoms with Gasteiger partial charge in [0, 0.05) is 39.3 Å². The summed E-state index contributed by atoms with van der Waals surface area (Å²) >= 11 is 0. The molecule has 2 aromatic rings. The molecule has 2 fully saturated rings. The van der Waals surface area contributed by atoms with Crippen molar-refractivity contribution in [1.29, 1.82) is 0 Å². The maximum Gasteiger partial charge on any atom is 0.252 e.